The van der Waals surface area contributed by atoms with Crippen LogP contribution in [0.15, 0.2) is 54.6 Å². The zero-order valence-corrected chi connectivity index (χ0v) is 14.4. The standard InChI is InChI=1S/C20H21N3O2/c1-3-15-12-19(17-6-4-5-7-18(17)22-15)21-13-14-8-10-16(11-9-14)23-20(24)25-2/h4-12H,3,13H2,1-2H3,(H,21,22)(H,23,24). The molecule has 0 saturated heterocycles. The summed E-state index contributed by atoms with van der Waals surface area (Å²) in [5.41, 5.74) is 4.98. The van der Waals surface area contributed by atoms with Crippen LogP contribution in [-0.4, -0.2) is 18.2 Å². The smallest absolute Gasteiger partial charge is 0.411 e. The fraction of sp³-hybridized carbons (Fsp3) is 0.200. The molecule has 0 aliphatic rings. The van der Waals surface area contributed by atoms with E-state index in [1.807, 2.05) is 42.5 Å². The first-order valence-corrected chi connectivity index (χ1v) is 8.26. The predicted molar refractivity (Wildman–Crippen MR) is 101 cm³/mol. The normalized spacial score (nSPS) is 10.5. The monoisotopic (exact) mass is 335 g/mol. The van der Waals surface area contributed by atoms with Gasteiger partial charge in [0.1, 0.15) is 0 Å². The maximum absolute atomic E-state index is 11.2. The van der Waals surface area contributed by atoms with Gasteiger partial charge in [-0.25, -0.2) is 4.79 Å². The zero-order valence-electron chi connectivity index (χ0n) is 14.4. The highest BCUT2D eigenvalue weighted by Gasteiger charge is 2.05. The lowest BCUT2D eigenvalue weighted by molar-refractivity contribution is 0.187. The van der Waals surface area contributed by atoms with Gasteiger partial charge in [-0.3, -0.25) is 10.3 Å². The van der Waals surface area contributed by atoms with Crippen LogP contribution < -0.4 is 10.6 Å². The molecular formula is C20H21N3O2. The lowest BCUT2D eigenvalue weighted by Crippen LogP contribution is -2.10. The maximum atomic E-state index is 11.2. The molecule has 2 N–H and O–H groups in total. The minimum Gasteiger partial charge on any atom is -0.453 e. The number of carbonyl (C=O) groups excluding carboxylic acids is 1. The summed E-state index contributed by atoms with van der Waals surface area (Å²) in [5.74, 6) is 0. The van der Waals surface area contributed by atoms with Crippen LogP contribution in [0.3, 0.4) is 0 Å². The molecule has 0 aliphatic heterocycles. The number of rotatable bonds is 5. The Morgan fingerprint density at radius 3 is 2.60 bits per heavy atom. The number of hydrogen-bond acceptors (Lipinski definition) is 4. The van der Waals surface area contributed by atoms with E-state index in [1.165, 1.54) is 7.11 Å². The van der Waals surface area contributed by atoms with Gasteiger partial charge in [-0.15, -0.1) is 0 Å². The van der Waals surface area contributed by atoms with Crippen LogP contribution >= 0.6 is 0 Å². The molecule has 1 aromatic heterocycles. The number of carbonyl (C=O) groups is 1. The number of nitrogens with one attached hydrogen (secondary N) is 2. The van der Waals surface area contributed by atoms with Gasteiger partial charge in [0.25, 0.3) is 0 Å². The second-order valence-electron chi connectivity index (χ2n) is 5.70. The fourth-order valence-corrected chi connectivity index (χ4v) is 2.63. The summed E-state index contributed by atoms with van der Waals surface area (Å²) in [5, 5.41) is 7.25. The van der Waals surface area contributed by atoms with Gasteiger partial charge in [0, 0.05) is 29.0 Å². The molecule has 0 atom stereocenters. The van der Waals surface area contributed by atoms with Gasteiger partial charge in [-0.05, 0) is 36.2 Å². The maximum Gasteiger partial charge on any atom is 0.411 e. The van der Waals surface area contributed by atoms with Crippen LogP contribution in [0.4, 0.5) is 16.2 Å². The van der Waals surface area contributed by atoms with E-state index in [4.69, 9.17) is 0 Å². The van der Waals surface area contributed by atoms with E-state index in [1.54, 1.807) is 0 Å². The number of anilines is 2. The number of aromatic nitrogens is 1. The highest BCUT2D eigenvalue weighted by atomic mass is 16.5. The number of fused-ring (bicyclic) bond motifs is 1. The summed E-state index contributed by atoms with van der Waals surface area (Å²) in [6, 6.07) is 17.9. The van der Waals surface area contributed by atoms with E-state index in [0.717, 1.165) is 34.3 Å². The van der Waals surface area contributed by atoms with Crippen LogP contribution in [0.2, 0.25) is 0 Å². The summed E-state index contributed by atoms with van der Waals surface area (Å²) in [4.78, 5) is 15.9. The van der Waals surface area contributed by atoms with Crippen LogP contribution in [0.5, 0.6) is 0 Å². The Kier molecular flexibility index (Phi) is 5.14. The molecule has 0 aliphatic carbocycles. The van der Waals surface area contributed by atoms with E-state index in [9.17, 15) is 4.79 Å². The van der Waals surface area contributed by atoms with Crippen LogP contribution in [0, 0.1) is 0 Å². The molecule has 128 valence electrons. The number of aryl methyl sites for hydroxylation is 1. The van der Waals surface area contributed by atoms with Gasteiger partial charge in [0.15, 0.2) is 0 Å². The number of methoxy groups -OCH3 is 1. The molecule has 0 saturated carbocycles. The van der Waals surface area contributed by atoms with E-state index >= 15 is 0 Å². The molecule has 0 spiro atoms. The van der Waals surface area contributed by atoms with Crippen LogP contribution in [0.25, 0.3) is 10.9 Å². The van der Waals surface area contributed by atoms with E-state index in [0.29, 0.717) is 12.2 Å². The quantitative estimate of drug-likeness (QED) is 0.716. The topological polar surface area (TPSA) is 63.2 Å². The van der Waals surface area contributed by atoms with Crippen LogP contribution in [0.1, 0.15) is 18.2 Å². The molecule has 0 bridgehead atoms. The van der Waals surface area contributed by atoms with Crippen molar-refractivity contribution in [2.24, 2.45) is 0 Å². The predicted octanol–water partition coefficient (Wildman–Crippen LogP) is 4.59. The molecule has 25 heavy (non-hydrogen) atoms. The lowest BCUT2D eigenvalue weighted by atomic mass is 10.1. The van der Waals surface area contributed by atoms with Gasteiger partial charge in [-0.2, -0.15) is 0 Å². The summed E-state index contributed by atoms with van der Waals surface area (Å²) in [6.07, 6.45) is 0.425. The largest absolute Gasteiger partial charge is 0.453 e. The number of para-hydroxylation sites is 1. The third kappa shape index (κ3) is 4.07. The number of ether oxygens (including phenoxy) is 1. The Balaban J connectivity index is 1.75. The SMILES string of the molecule is CCc1cc(NCc2ccc(NC(=O)OC)cc2)c2ccccc2n1. The Morgan fingerprint density at radius 1 is 1.12 bits per heavy atom. The van der Waals surface area contributed by atoms with Crippen molar-refractivity contribution in [1.82, 2.24) is 4.98 Å². The minimum absolute atomic E-state index is 0.471. The van der Waals surface area contributed by atoms with Gasteiger partial charge in [0.05, 0.1) is 12.6 Å². The number of amides is 1. The van der Waals surface area contributed by atoms with Crippen molar-refractivity contribution in [2.45, 2.75) is 19.9 Å². The van der Waals surface area contributed by atoms with Crippen molar-refractivity contribution in [3.63, 3.8) is 0 Å². The Hall–Kier alpha value is -3.08. The molecule has 3 rings (SSSR count). The van der Waals surface area contributed by atoms with Gasteiger partial charge < -0.3 is 10.1 Å². The molecule has 0 radical (unpaired) electrons. The van der Waals surface area contributed by atoms with Crippen molar-refractivity contribution in [3.05, 3.63) is 65.9 Å². The second-order valence-corrected chi connectivity index (χ2v) is 5.70. The van der Waals surface area contributed by atoms with Gasteiger partial charge in [-0.1, -0.05) is 37.3 Å². The average Bonchev–Trinajstić information content (AvgIpc) is 2.66. The van der Waals surface area contributed by atoms with E-state index in [-0.39, 0.29) is 0 Å². The van der Waals surface area contributed by atoms with Crippen molar-refractivity contribution < 1.29 is 9.53 Å². The second kappa shape index (κ2) is 7.66. The summed E-state index contributed by atoms with van der Waals surface area (Å²) in [6.45, 7) is 2.80. The Bertz CT molecular complexity index is 876. The summed E-state index contributed by atoms with van der Waals surface area (Å²) >= 11 is 0. The molecular weight excluding hydrogens is 314 g/mol. The van der Waals surface area contributed by atoms with E-state index in [2.05, 4.69) is 39.4 Å². The van der Waals surface area contributed by atoms with Crippen molar-refractivity contribution >= 4 is 28.4 Å². The highest BCUT2D eigenvalue weighted by molar-refractivity contribution is 5.91. The van der Waals surface area contributed by atoms with Crippen molar-refractivity contribution in [3.8, 4) is 0 Å². The van der Waals surface area contributed by atoms with Gasteiger partial charge in [0.2, 0.25) is 0 Å². The fourth-order valence-electron chi connectivity index (χ4n) is 2.63. The Labute approximate surface area is 147 Å². The lowest BCUT2D eigenvalue weighted by Gasteiger charge is -2.12. The molecule has 0 unspecified atom stereocenters. The molecule has 3 aromatic rings. The summed E-state index contributed by atoms with van der Waals surface area (Å²) in [7, 11) is 1.34. The number of hydrogen-bond donors (Lipinski definition) is 2. The molecule has 5 nitrogen and oxygen atoms in total. The summed E-state index contributed by atoms with van der Waals surface area (Å²) < 4.78 is 4.58. The Morgan fingerprint density at radius 2 is 1.88 bits per heavy atom. The van der Waals surface area contributed by atoms with Crippen molar-refractivity contribution in [2.75, 3.05) is 17.7 Å². The molecule has 1 amide bonds. The van der Waals surface area contributed by atoms with Gasteiger partial charge >= 0.3 is 6.09 Å². The first kappa shape index (κ1) is 16.8. The zero-order chi connectivity index (χ0) is 17.6. The number of nitrogens with zero attached hydrogens (tertiary/aromatic N) is 1. The number of benzene rings is 2. The average molecular weight is 335 g/mol. The van der Waals surface area contributed by atoms with E-state index < -0.39 is 6.09 Å². The first-order valence-electron chi connectivity index (χ1n) is 8.26. The highest BCUT2D eigenvalue weighted by Crippen LogP contribution is 2.24. The van der Waals surface area contributed by atoms with Crippen LogP contribution in [-0.2, 0) is 17.7 Å². The molecule has 1 heterocycles. The first-order chi connectivity index (χ1) is 12.2. The third-order valence-electron chi connectivity index (χ3n) is 4.00. The van der Waals surface area contributed by atoms with Crippen molar-refractivity contribution in [1.29, 1.82) is 0 Å². The molecule has 0 fully saturated rings. The minimum atomic E-state index is -0.471. The third-order valence-corrected chi connectivity index (χ3v) is 4.00. The molecule has 5 heteroatoms. The molecule has 2 aromatic carbocycles. The number of pyridine rings is 1.